The van der Waals surface area contributed by atoms with Crippen molar-refractivity contribution in [1.29, 1.82) is 0 Å². The van der Waals surface area contributed by atoms with E-state index in [1.807, 2.05) is 24.7 Å². The molecule has 1 aromatic heterocycles. The largest absolute Gasteiger partial charge is 0.297 e. The zero-order valence-corrected chi connectivity index (χ0v) is 12.6. The lowest BCUT2D eigenvalue weighted by molar-refractivity contribution is -0.129. The van der Waals surface area contributed by atoms with Crippen molar-refractivity contribution in [1.82, 2.24) is 14.7 Å². The monoisotopic (exact) mass is 263 g/mol. The van der Waals surface area contributed by atoms with E-state index in [9.17, 15) is 4.79 Å². The van der Waals surface area contributed by atoms with Crippen LogP contribution in [0.15, 0.2) is 6.07 Å². The molecular formula is C15H25N3O. The van der Waals surface area contributed by atoms with Gasteiger partial charge in [0.25, 0.3) is 0 Å². The maximum Gasteiger partial charge on any atom is 0.158 e. The second kappa shape index (κ2) is 5.45. The molecule has 1 aliphatic heterocycles. The number of likely N-dealkylation sites (tertiary alicyclic amines) is 1. The SMILES string of the molecule is CCC(C)(C(=O)Cc1cc(C)nn1C)N1CCCC1. The number of rotatable bonds is 5. The number of nitrogens with zero attached hydrogens (tertiary/aromatic N) is 3. The minimum absolute atomic E-state index is 0.311. The third-order valence-corrected chi connectivity index (χ3v) is 4.53. The van der Waals surface area contributed by atoms with E-state index in [-0.39, 0.29) is 5.54 Å². The van der Waals surface area contributed by atoms with Crippen molar-refractivity contribution in [3.63, 3.8) is 0 Å². The van der Waals surface area contributed by atoms with Crippen LogP contribution >= 0.6 is 0 Å². The number of ketones is 1. The summed E-state index contributed by atoms with van der Waals surface area (Å²) in [6, 6.07) is 2.01. The van der Waals surface area contributed by atoms with Crippen LogP contribution < -0.4 is 0 Å². The summed E-state index contributed by atoms with van der Waals surface area (Å²) >= 11 is 0. The third-order valence-electron chi connectivity index (χ3n) is 4.53. The van der Waals surface area contributed by atoms with E-state index in [1.54, 1.807) is 0 Å². The van der Waals surface area contributed by atoms with Gasteiger partial charge in [-0.15, -0.1) is 0 Å². The van der Waals surface area contributed by atoms with Crippen molar-refractivity contribution >= 4 is 5.78 Å². The summed E-state index contributed by atoms with van der Waals surface area (Å²) in [7, 11) is 1.91. The summed E-state index contributed by atoms with van der Waals surface area (Å²) in [6.45, 7) is 8.29. The van der Waals surface area contributed by atoms with Crippen molar-refractivity contribution in [2.45, 2.75) is 52.0 Å². The topological polar surface area (TPSA) is 38.1 Å². The van der Waals surface area contributed by atoms with Gasteiger partial charge in [0, 0.05) is 12.7 Å². The standard InChI is InChI=1S/C15H25N3O/c1-5-15(3,18-8-6-7-9-18)14(19)11-13-10-12(2)16-17(13)4/h10H,5-9,11H2,1-4H3. The molecule has 106 valence electrons. The molecule has 0 saturated carbocycles. The Balaban J connectivity index is 2.14. The lowest BCUT2D eigenvalue weighted by Gasteiger charge is -2.36. The molecule has 0 aromatic carbocycles. The number of hydrogen-bond donors (Lipinski definition) is 0. The van der Waals surface area contributed by atoms with Crippen LogP contribution in [0.2, 0.25) is 0 Å². The fraction of sp³-hybridized carbons (Fsp3) is 0.733. The van der Waals surface area contributed by atoms with E-state index in [2.05, 4.69) is 23.8 Å². The van der Waals surface area contributed by atoms with Gasteiger partial charge in [0.1, 0.15) is 0 Å². The molecule has 0 spiro atoms. The molecule has 1 unspecified atom stereocenters. The zero-order chi connectivity index (χ0) is 14.0. The Labute approximate surface area is 115 Å². The van der Waals surface area contributed by atoms with Gasteiger partial charge in [-0.2, -0.15) is 5.10 Å². The third kappa shape index (κ3) is 2.73. The molecule has 0 aliphatic carbocycles. The van der Waals surface area contributed by atoms with Crippen molar-refractivity contribution < 1.29 is 4.79 Å². The molecular weight excluding hydrogens is 238 g/mol. The predicted octanol–water partition coefficient (Wildman–Crippen LogP) is 2.10. The quantitative estimate of drug-likeness (QED) is 0.816. The summed E-state index contributed by atoms with van der Waals surface area (Å²) in [5, 5.41) is 4.32. The van der Waals surface area contributed by atoms with Crippen molar-refractivity contribution in [3.05, 3.63) is 17.5 Å². The van der Waals surface area contributed by atoms with E-state index in [1.165, 1.54) is 12.8 Å². The summed E-state index contributed by atoms with van der Waals surface area (Å²) in [5.41, 5.74) is 1.68. The minimum atomic E-state index is -0.311. The number of aromatic nitrogens is 2. The molecule has 0 radical (unpaired) electrons. The smallest absolute Gasteiger partial charge is 0.158 e. The Bertz CT molecular complexity index is 460. The van der Waals surface area contributed by atoms with Gasteiger partial charge in [-0.05, 0) is 52.3 Å². The number of Topliss-reactive ketones (excluding diaryl/α,β-unsaturated/α-hetero) is 1. The van der Waals surface area contributed by atoms with E-state index in [4.69, 9.17) is 0 Å². The van der Waals surface area contributed by atoms with Crippen LogP contribution in [0.5, 0.6) is 0 Å². The van der Waals surface area contributed by atoms with E-state index in [0.29, 0.717) is 12.2 Å². The van der Waals surface area contributed by atoms with Crippen LogP contribution in [-0.2, 0) is 18.3 Å². The Morgan fingerprint density at radius 1 is 1.42 bits per heavy atom. The molecule has 4 heteroatoms. The number of aryl methyl sites for hydroxylation is 2. The highest BCUT2D eigenvalue weighted by Gasteiger charge is 2.38. The second-order valence-electron chi connectivity index (χ2n) is 5.82. The molecule has 1 atom stereocenters. The molecule has 0 bridgehead atoms. The molecule has 0 N–H and O–H groups in total. The molecule has 2 heterocycles. The zero-order valence-electron chi connectivity index (χ0n) is 12.6. The molecule has 19 heavy (non-hydrogen) atoms. The fourth-order valence-corrected chi connectivity index (χ4v) is 2.99. The maximum atomic E-state index is 12.7. The Morgan fingerprint density at radius 3 is 2.53 bits per heavy atom. The van der Waals surface area contributed by atoms with Gasteiger partial charge in [-0.1, -0.05) is 6.92 Å². The van der Waals surface area contributed by atoms with Gasteiger partial charge in [0.05, 0.1) is 17.7 Å². The van der Waals surface area contributed by atoms with Crippen molar-refractivity contribution in [2.75, 3.05) is 13.1 Å². The molecule has 1 fully saturated rings. The van der Waals surface area contributed by atoms with Gasteiger partial charge in [0.2, 0.25) is 0 Å². The Hall–Kier alpha value is -1.16. The van der Waals surface area contributed by atoms with Crippen LogP contribution in [0.4, 0.5) is 0 Å². The van der Waals surface area contributed by atoms with E-state index >= 15 is 0 Å². The van der Waals surface area contributed by atoms with Gasteiger partial charge in [-0.3, -0.25) is 14.4 Å². The van der Waals surface area contributed by atoms with Crippen LogP contribution in [-0.4, -0.2) is 39.1 Å². The molecule has 1 saturated heterocycles. The molecule has 4 nitrogen and oxygen atoms in total. The van der Waals surface area contributed by atoms with Crippen molar-refractivity contribution in [3.8, 4) is 0 Å². The minimum Gasteiger partial charge on any atom is -0.297 e. The van der Waals surface area contributed by atoms with Crippen LogP contribution in [0.1, 0.15) is 44.5 Å². The van der Waals surface area contributed by atoms with E-state index < -0.39 is 0 Å². The summed E-state index contributed by atoms with van der Waals surface area (Å²) in [5.74, 6) is 0.319. The predicted molar refractivity (Wildman–Crippen MR) is 76.2 cm³/mol. The van der Waals surface area contributed by atoms with Gasteiger partial charge in [-0.25, -0.2) is 0 Å². The van der Waals surface area contributed by atoms with Crippen LogP contribution in [0, 0.1) is 6.92 Å². The Kier molecular flexibility index (Phi) is 4.09. The highest BCUT2D eigenvalue weighted by atomic mass is 16.1. The first-order valence-corrected chi connectivity index (χ1v) is 7.25. The normalized spacial score (nSPS) is 19.6. The highest BCUT2D eigenvalue weighted by Crippen LogP contribution is 2.26. The van der Waals surface area contributed by atoms with Crippen LogP contribution in [0.3, 0.4) is 0 Å². The number of hydrogen-bond acceptors (Lipinski definition) is 3. The molecule has 0 amide bonds. The van der Waals surface area contributed by atoms with Gasteiger partial charge in [0.15, 0.2) is 5.78 Å². The summed E-state index contributed by atoms with van der Waals surface area (Å²) in [4.78, 5) is 15.1. The average Bonchev–Trinajstić information content (AvgIpc) is 2.99. The summed E-state index contributed by atoms with van der Waals surface area (Å²) in [6.07, 6.45) is 3.79. The van der Waals surface area contributed by atoms with Gasteiger partial charge >= 0.3 is 0 Å². The van der Waals surface area contributed by atoms with Crippen molar-refractivity contribution in [2.24, 2.45) is 7.05 Å². The Morgan fingerprint density at radius 2 is 2.05 bits per heavy atom. The first kappa shape index (κ1) is 14.3. The number of carbonyl (C=O) groups excluding carboxylic acids is 1. The number of carbonyl (C=O) groups is 1. The van der Waals surface area contributed by atoms with Gasteiger partial charge < -0.3 is 0 Å². The fourth-order valence-electron chi connectivity index (χ4n) is 2.99. The first-order chi connectivity index (χ1) is 8.97. The van der Waals surface area contributed by atoms with Crippen LogP contribution in [0.25, 0.3) is 0 Å². The molecule has 2 rings (SSSR count). The maximum absolute atomic E-state index is 12.7. The lowest BCUT2D eigenvalue weighted by atomic mass is 9.88. The molecule has 1 aromatic rings. The van der Waals surface area contributed by atoms with E-state index in [0.717, 1.165) is 30.9 Å². The highest BCUT2D eigenvalue weighted by molar-refractivity contribution is 5.89. The average molecular weight is 263 g/mol. The molecule has 1 aliphatic rings. The first-order valence-electron chi connectivity index (χ1n) is 7.25. The lowest BCUT2D eigenvalue weighted by Crippen LogP contribution is -2.51. The second-order valence-corrected chi connectivity index (χ2v) is 5.82. The summed E-state index contributed by atoms with van der Waals surface area (Å²) < 4.78 is 1.83.